The quantitative estimate of drug-likeness (QED) is 0.616. The highest BCUT2D eigenvalue weighted by Gasteiger charge is 2.29. The lowest BCUT2D eigenvalue weighted by Gasteiger charge is -2.10. The number of carbonyl (C=O) groups is 1. The minimum Gasteiger partial charge on any atom is -0.484 e. The zero-order valence-electron chi connectivity index (χ0n) is 13.7. The van der Waals surface area contributed by atoms with Crippen molar-refractivity contribution in [2.45, 2.75) is 26.6 Å². The molecule has 1 aromatic carbocycles. The zero-order valence-corrected chi connectivity index (χ0v) is 13.7. The number of nitro benzene ring substituents is 1. The van der Waals surface area contributed by atoms with Crippen molar-refractivity contribution in [3.63, 3.8) is 0 Å². The van der Waals surface area contributed by atoms with Gasteiger partial charge in [0.2, 0.25) is 5.89 Å². The molecule has 140 valence electrons. The predicted molar refractivity (Wildman–Crippen MR) is 81.8 cm³/mol. The lowest BCUT2D eigenvalue weighted by molar-refractivity contribution is -0.385. The Kier molecular flexibility index (Phi) is 5.48. The van der Waals surface area contributed by atoms with E-state index in [9.17, 15) is 28.1 Å². The predicted octanol–water partition coefficient (Wildman–Crippen LogP) is 3.07. The molecule has 0 aliphatic rings. The summed E-state index contributed by atoms with van der Waals surface area (Å²) >= 11 is 0. The molecule has 0 fully saturated rings. The summed E-state index contributed by atoms with van der Waals surface area (Å²) in [6.45, 7) is 1.66. The number of benzene rings is 1. The molecule has 0 spiro atoms. The van der Waals surface area contributed by atoms with E-state index in [1.54, 1.807) is 13.8 Å². The molecule has 1 heterocycles. The molecule has 26 heavy (non-hydrogen) atoms. The van der Waals surface area contributed by atoms with Crippen LogP contribution in [0.15, 0.2) is 22.6 Å². The van der Waals surface area contributed by atoms with Crippen LogP contribution in [0.5, 0.6) is 5.75 Å². The lowest BCUT2D eigenvalue weighted by atomic mass is 10.1. The van der Waals surface area contributed by atoms with Crippen LogP contribution in [0.25, 0.3) is 0 Å². The molecule has 11 heteroatoms. The molecule has 1 amide bonds. The van der Waals surface area contributed by atoms with Gasteiger partial charge in [0.15, 0.2) is 6.61 Å². The third-order valence-corrected chi connectivity index (χ3v) is 3.28. The van der Waals surface area contributed by atoms with Crippen molar-refractivity contribution < 1.29 is 32.0 Å². The molecular weight excluding hydrogens is 359 g/mol. The summed E-state index contributed by atoms with van der Waals surface area (Å²) in [6, 6.07) is 2.77. The van der Waals surface area contributed by atoms with Crippen LogP contribution in [0.3, 0.4) is 0 Å². The van der Waals surface area contributed by atoms with Gasteiger partial charge in [0.05, 0.1) is 17.2 Å². The number of rotatable bonds is 6. The normalized spacial score (nSPS) is 11.3. The van der Waals surface area contributed by atoms with Crippen LogP contribution in [0.2, 0.25) is 0 Å². The van der Waals surface area contributed by atoms with Crippen molar-refractivity contribution >= 4 is 11.6 Å². The first-order chi connectivity index (χ1) is 12.1. The van der Waals surface area contributed by atoms with Gasteiger partial charge in [-0.3, -0.25) is 14.9 Å². The number of alkyl halides is 3. The van der Waals surface area contributed by atoms with Crippen LogP contribution in [0.1, 0.15) is 27.7 Å². The highest BCUT2D eigenvalue weighted by molar-refractivity contribution is 5.98. The van der Waals surface area contributed by atoms with Crippen LogP contribution < -0.4 is 10.1 Å². The van der Waals surface area contributed by atoms with Gasteiger partial charge in [-0.2, -0.15) is 13.2 Å². The largest absolute Gasteiger partial charge is 0.484 e. The van der Waals surface area contributed by atoms with Crippen molar-refractivity contribution in [3.8, 4) is 5.75 Å². The monoisotopic (exact) mass is 373 g/mol. The van der Waals surface area contributed by atoms with Crippen molar-refractivity contribution in [1.29, 1.82) is 0 Å². The van der Waals surface area contributed by atoms with Gasteiger partial charge in [0.25, 0.3) is 11.6 Å². The number of carbonyl (C=O) groups excluding carboxylic acids is 1. The van der Waals surface area contributed by atoms with Crippen molar-refractivity contribution in [2.75, 3.05) is 6.61 Å². The average molecular weight is 373 g/mol. The first-order valence-corrected chi connectivity index (χ1v) is 7.26. The van der Waals surface area contributed by atoms with Gasteiger partial charge in [-0.25, -0.2) is 4.98 Å². The summed E-state index contributed by atoms with van der Waals surface area (Å²) in [7, 11) is 0. The second-order valence-electron chi connectivity index (χ2n) is 5.27. The number of nitro groups is 1. The van der Waals surface area contributed by atoms with Crippen LogP contribution >= 0.6 is 0 Å². The number of ether oxygens (including phenoxy) is 1. The lowest BCUT2D eigenvalue weighted by Crippen LogP contribution is -2.24. The Hall–Kier alpha value is -3.11. The molecule has 0 aliphatic carbocycles. The van der Waals surface area contributed by atoms with Gasteiger partial charge in [-0.1, -0.05) is 0 Å². The van der Waals surface area contributed by atoms with E-state index in [1.165, 1.54) is 0 Å². The molecular formula is C15H14F3N3O5. The summed E-state index contributed by atoms with van der Waals surface area (Å²) in [5.41, 5.74) is -0.376. The van der Waals surface area contributed by atoms with Crippen LogP contribution in [-0.4, -0.2) is 28.6 Å². The van der Waals surface area contributed by atoms with Crippen LogP contribution in [-0.2, 0) is 6.54 Å². The van der Waals surface area contributed by atoms with Crippen LogP contribution in [0, 0.1) is 24.0 Å². The number of aryl methyl sites for hydroxylation is 2. The average Bonchev–Trinajstić information content (AvgIpc) is 2.88. The summed E-state index contributed by atoms with van der Waals surface area (Å²) in [6.07, 6.45) is -4.58. The fourth-order valence-electron chi connectivity index (χ4n) is 1.98. The molecule has 0 atom stereocenters. The van der Waals surface area contributed by atoms with Gasteiger partial charge in [-0.05, 0) is 26.0 Å². The summed E-state index contributed by atoms with van der Waals surface area (Å²) in [5.74, 6) is -0.438. The number of nitrogens with one attached hydrogen (secondary N) is 1. The third kappa shape index (κ3) is 4.94. The Balaban J connectivity index is 2.17. The van der Waals surface area contributed by atoms with Crippen LogP contribution in [0.4, 0.5) is 18.9 Å². The molecule has 2 rings (SSSR count). The Bertz CT molecular complexity index is 813. The maximum atomic E-state index is 12.2. The summed E-state index contributed by atoms with van der Waals surface area (Å²) in [5, 5.41) is 13.4. The van der Waals surface area contributed by atoms with Gasteiger partial charge >= 0.3 is 6.18 Å². The maximum absolute atomic E-state index is 12.2. The smallest absolute Gasteiger partial charge is 0.422 e. The van der Waals surface area contributed by atoms with E-state index in [-0.39, 0.29) is 18.2 Å². The second-order valence-corrected chi connectivity index (χ2v) is 5.27. The number of nitrogens with zero attached hydrogens (tertiary/aromatic N) is 2. The number of oxazole rings is 1. The molecule has 2 aromatic rings. The number of amides is 1. The minimum absolute atomic E-state index is 0.141. The Morgan fingerprint density at radius 2 is 2.08 bits per heavy atom. The highest BCUT2D eigenvalue weighted by Crippen LogP contribution is 2.26. The SMILES string of the molecule is Cc1nc(CNC(=O)c2cc(OCC(F)(F)F)ccc2[N+](=O)[O-])oc1C. The number of hydrogen-bond donors (Lipinski definition) is 1. The summed E-state index contributed by atoms with van der Waals surface area (Å²) in [4.78, 5) is 26.5. The van der Waals surface area contributed by atoms with E-state index in [0.29, 0.717) is 11.5 Å². The van der Waals surface area contributed by atoms with Crippen molar-refractivity contribution in [3.05, 3.63) is 51.2 Å². The van der Waals surface area contributed by atoms with E-state index in [0.717, 1.165) is 18.2 Å². The van der Waals surface area contributed by atoms with E-state index < -0.39 is 34.9 Å². The second kappa shape index (κ2) is 7.42. The van der Waals surface area contributed by atoms with E-state index in [2.05, 4.69) is 15.0 Å². The molecule has 1 aromatic heterocycles. The van der Waals surface area contributed by atoms with Gasteiger partial charge in [0.1, 0.15) is 17.1 Å². The van der Waals surface area contributed by atoms with E-state index >= 15 is 0 Å². The van der Waals surface area contributed by atoms with Gasteiger partial charge in [0, 0.05) is 6.07 Å². The molecule has 0 saturated heterocycles. The third-order valence-electron chi connectivity index (χ3n) is 3.28. The topological polar surface area (TPSA) is 108 Å². The van der Waals surface area contributed by atoms with Gasteiger partial charge in [-0.15, -0.1) is 0 Å². The number of hydrogen-bond acceptors (Lipinski definition) is 6. The van der Waals surface area contributed by atoms with Crippen molar-refractivity contribution in [1.82, 2.24) is 10.3 Å². The van der Waals surface area contributed by atoms with E-state index in [1.807, 2.05) is 0 Å². The summed E-state index contributed by atoms with van der Waals surface area (Å²) < 4.78 is 46.5. The molecule has 8 nitrogen and oxygen atoms in total. The maximum Gasteiger partial charge on any atom is 0.422 e. The molecule has 0 aliphatic heterocycles. The Morgan fingerprint density at radius 1 is 1.38 bits per heavy atom. The zero-order chi connectivity index (χ0) is 19.5. The first kappa shape index (κ1) is 19.2. The number of aromatic nitrogens is 1. The fraction of sp³-hybridized carbons (Fsp3) is 0.333. The molecule has 0 radical (unpaired) electrons. The highest BCUT2D eigenvalue weighted by atomic mass is 19.4. The molecule has 0 saturated carbocycles. The number of halogens is 3. The molecule has 0 unspecified atom stereocenters. The first-order valence-electron chi connectivity index (χ1n) is 7.26. The van der Waals surface area contributed by atoms with Gasteiger partial charge < -0.3 is 14.5 Å². The minimum atomic E-state index is -4.58. The fourth-order valence-corrected chi connectivity index (χ4v) is 1.98. The molecule has 1 N–H and O–H groups in total. The van der Waals surface area contributed by atoms with Crippen molar-refractivity contribution in [2.24, 2.45) is 0 Å². The Morgan fingerprint density at radius 3 is 2.62 bits per heavy atom. The standard InChI is InChI=1S/C15H14F3N3O5/c1-8-9(2)26-13(20-8)6-19-14(22)11-5-10(25-7-15(16,17)18)3-4-12(11)21(23)24/h3-5H,6-7H2,1-2H3,(H,19,22). The molecule has 0 bridgehead atoms. The Labute approximate surface area is 145 Å². The van der Waals surface area contributed by atoms with E-state index in [4.69, 9.17) is 4.42 Å².